The Kier molecular flexibility index (Phi) is 4.51. The van der Waals surface area contributed by atoms with Gasteiger partial charge < -0.3 is 0 Å². The Hall–Kier alpha value is -1.41. The van der Waals surface area contributed by atoms with Gasteiger partial charge in [-0.3, -0.25) is 9.69 Å². The number of carbonyl (C=O) groups excluding carboxylic acids is 1. The molecule has 1 unspecified atom stereocenters. The molecule has 0 N–H and O–H groups in total. The Bertz CT molecular complexity index is 372. The van der Waals surface area contributed by atoms with Gasteiger partial charge in [-0.2, -0.15) is 0 Å². The minimum Gasteiger partial charge on any atom is -0.299 e. The van der Waals surface area contributed by atoms with Gasteiger partial charge in [0.15, 0.2) is 0 Å². The second kappa shape index (κ2) is 6.36. The molecular weight excluding hydrogens is 210 g/mol. The fraction of sp³-hybridized carbons (Fsp3) is 0.400. The van der Waals surface area contributed by atoms with Crippen LogP contribution in [0.5, 0.6) is 0 Å². The van der Waals surface area contributed by atoms with Crippen molar-refractivity contribution in [1.82, 2.24) is 4.90 Å². The topological polar surface area (TPSA) is 20.3 Å². The van der Waals surface area contributed by atoms with E-state index in [0.29, 0.717) is 6.04 Å². The summed E-state index contributed by atoms with van der Waals surface area (Å²) in [5, 5.41) is 0. The summed E-state index contributed by atoms with van der Waals surface area (Å²) in [5.41, 5.74) is 1.35. The number of hydrogen-bond acceptors (Lipinski definition) is 2. The first-order chi connectivity index (χ1) is 8.40. The van der Waals surface area contributed by atoms with E-state index in [1.165, 1.54) is 18.4 Å². The van der Waals surface area contributed by atoms with Crippen LogP contribution in [0, 0.1) is 0 Å². The molecule has 17 heavy (non-hydrogen) atoms. The number of allylic oxidation sites excluding steroid dienone is 1. The first-order valence-electron chi connectivity index (χ1n) is 6.30. The Morgan fingerprint density at radius 2 is 2.06 bits per heavy atom. The number of carbonyl (C=O) groups is 1. The summed E-state index contributed by atoms with van der Waals surface area (Å²) in [4.78, 5) is 12.9. The van der Waals surface area contributed by atoms with Gasteiger partial charge in [-0.05, 0) is 31.0 Å². The molecular formula is C15H19NO. The van der Waals surface area contributed by atoms with Gasteiger partial charge in [-0.1, -0.05) is 42.8 Å². The quantitative estimate of drug-likeness (QED) is 0.584. The van der Waals surface area contributed by atoms with Crippen molar-refractivity contribution in [3.63, 3.8) is 0 Å². The molecule has 1 saturated heterocycles. The van der Waals surface area contributed by atoms with E-state index in [1.54, 1.807) is 6.08 Å². The highest BCUT2D eigenvalue weighted by atomic mass is 16.1. The molecule has 90 valence electrons. The summed E-state index contributed by atoms with van der Waals surface area (Å²) in [5.74, 6) is 0. The summed E-state index contributed by atoms with van der Waals surface area (Å²) in [6, 6.07) is 11.0. The Morgan fingerprint density at radius 3 is 2.82 bits per heavy atom. The van der Waals surface area contributed by atoms with Crippen molar-refractivity contribution in [2.75, 3.05) is 6.54 Å². The number of rotatable bonds is 4. The lowest BCUT2D eigenvalue weighted by molar-refractivity contribution is -0.104. The molecule has 2 rings (SSSR count). The van der Waals surface area contributed by atoms with Crippen LogP contribution in [0.15, 0.2) is 42.5 Å². The Morgan fingerprint density at radius 1 is 1.24 bits per heavy atom. The summed E-state index contributed by atoms with van der Waals surface area (Å²) in [7, 11) is 0. The summed E-state index contributed by atoms with van der Waals surface area (Å²) < 4.78 is 0. The highest BCUT2D eigenvalue weighted by Crippen LogP contribution is 2.20. The number of likely N-dealkylation sites (tertiary alicyclic amines) is 1. The van der Waals surface area contributed by atoms with E-state index >= 15 is 0 Å². The molecule has 0 amide bonds. The van der Waals surface area contributed by atoms with E-state index in [2.05, 4.69) is 29.2 Å². The minimum atomic E-state index is 0.425. The maximum atomic E-state index is 10.4. The van der Waals surface area contributed by atoms with Crippen molar-refractivity contribution in [3.8, 4) is 0 Å². The molecule has 0 spiro atoms. The lowest BCUT2D eigenvalue weighted by atomic mass is 10.0. The molecule has 2 nitrogen and oxygen atoms in total. The first kappa shape index (κ1) is 12.1. The standard InChI is InChI=1S/C15H19NO/c17-12-6-10-15-9-4-5-11-16(15)13-14-7-2-1-3-8-14/h1-3,6-8,10,12,15H,4-5,9,11,13H2/b10-6-. The van der Waals surface area contributed by atoms with E-state index in [0.717, 1.165) is 25.8 Å². The Labute approximate surface area is 103 Å². The molecule has 1 heterocycles. The van der Waals surface area contributed by atoms with Gasteiger partial charge in [0.25, 0.3) is 0 Å². The average Bonchev–Trinajstić information content (AvgIpc) is 2.39. The molecule has 0 aromatic heterocycles. The van der Waals surface area contributed by atoms with E-state index in [4.69, 9.17) is 0 Å². The summed E-state index contributed by atoms with van der Waals surface area (Å²) >= 11 is 0. The molecule has 1 aliphatic rings. The van der Waals surface area contributed by atoms with Crippen LogP contribution in [0.3, 0.4) is 0 Å². The molecule has 0 aliphatic carbocycles. The number of benzene rings is 1. The fourth-order valence-corrected chi connectivity index (χ4v) is 2.42. The van der Waals surface area contributed by atoms with Gasteiger partial charge >= 0.3 is 0 Å². The van der Waals surface area contributed by atoms with Crippen LogP contribution in [-0.2, 0) is 11.3 Å². The van der Waals surface area contributed by atoms with Crippen molar-refractivity contribution in [3.05, 3.63) is 48.0 Å². The van der Waals surface area contributed by atoms with Crippen molar-refractivity contribution >= 4 is 6.29 Å². The third kappa shape index (κ3) is 3.53. The van der Waals surface area contributed by atoms with Crippen molar-refractivity contribution in [1.29, 1.82) is 0 Å². The molecule has 0 bridgehead atoms. The van der Waals surface area contributed by atoms with Gasteiger partial charge in [-0.15, -0.1) is 0 Å². The summed E-state index contributed by atoms with van der Waals surface area (Å²) in [6.07, 6.45) is 8.23. The molecule has 1 aromatic carbocycles. The molecule has 0 radical (unpaired) electrons. The first-order valence-corrected chi connectivity index (χ1v) is 6.30. The van der Waals surface area contributed by atoms with Gasteiger partial charge in [-0.25, -0.2) is 0 Å². The van der Waals surface area contributed by atoms with Crippen molar-refractivity contribution < 1.29 is 4.79 Å². The number of aldehydes is 1. The Balaban J connectivity index is 2.01. The fourth-order valence-electron chi connectivity index (χ4n) is 2.42. The van der Waals surface area contributed by atoms with Crippen LogP contribution in [0.25, 0.3) is 0 Å². The monoisotopic (exact) mass is 229 g/mol. The van der Waals surface area contributed by atoms with Crippen LogP contribution in [0.1, 0.15) is 24.8 Å². The van der Waals surface area contributed by atoms with Gasteiger partial charge in [0, 0.05) is 12.6 Å². The minimum absolute atomic E-state index is 0.425. The molecule has 1 aliphatic heterocycles. The van der Waals surface area contributed by atoms with Crippen LogP contribution in [-0.4, -0.2) is 23.8 Å². The molecule has 1 atom stereocenters. The van der Waals surface area contributed by atoms with Gasteiger partial charge in [0.2, 0.25) is 0 Å². The van der Waals surface area contributed by atoms with Gasteiger partial charge in [0.05, 0.1) is 0 Å². The molecule has 2 heteroatoms. The zero-order chi connectivity index (χ0) is 11.9. The number of hydrogen-bond donors (Lipinski definition) is 0. The van der Waals surface area contributed by atoms with Crippen LogP contribution < -0.4 is 0 Å². The molecule has 1 aromatic rings. The number of nitrogens with zero attached hydrogens (tertiary/aromatic N) is 1. The summed E-state index contributed by atoms with van der Waals surface area (Å²) in [6.45, 7) is 2.11. The van der Waals surface area contributed by atoms with Crippen LogP contribution in [0.2, 0.25) is 0 Å². The van der Waals surface area contributed by atoms with Crippen LogP contribution in [0.4, 0.5) is 0 Å². The maximum absolute atomic E-state index is 10.4. The predicted octanol–water partition coefficient (Wildman–Crippen LogP) is 2.80. The SMILES string of the molecule is O=C/C=C\C1CCCCN1Cc1ccccc1. The van der Waals surface area contributed by atoms with Crippen LogP contribution >= 0.6 is 0 Å². The lowest BCUT2D eigenvalue weighted by Crippen LogP contribution is -2.37. The third-order valence-corrected chi connectivity index (χ3v) is 3.30. The third-order valence-electron chi connectivity index (χ3n) is 3.30. The number of piperidine rings is 1. The molecule has 1 fully saturated rings. The highest BCUT2D eigenvalue weighted by Gasteiger charge is 2.19. The van der Waals surface area contributed by atoms with E-state index in [1.807, 2.05) is 12.1 Å². The normalized spacial score (nSPS) is 21.8. The van der Waals surface area contributed by atoms with E-state index in [9.17, 15) is 4.79 Å². The zero-order valence-electron chi connectivity index (χ0n) is 10.1. The predicted molar refractivity (Wildman–Crippen MR) is 69.7 cm³/mol. The molecule has 0 saturated carbocycles. The average molecular weight is 229 g/mol. The lowest BCUT2D eigenvalue weighted by Gasteiger charge is -2.33. The maximum Gasteiger partial charge on any atom is 0.142 e. The highest BCUT2D eigenvalue weighted by molar-refractivity contribution is 5.64. The van der Waals surface area contributed by atoms with E-state index in [-0.39, 0.29) is 0 Å². The van der Waals surface area contributed by atoms with Gasteiger partial charge in [0.1, 0.15) is 6.29 Å². The van der Waals surface area contributed by atoms with Crippen molar-refractivity contribution in [2.24, 2.45) is 0 Å². The van der Waals surface area contributed by atoms with E-state index < -0.39 is 0 Å². The second-order valence-electron chi connectivity index (χ2n) is 4.54. The second-order valence-corrected chi connectivity index (χ2v) is 4.54. The van der Waals surface area contributed by atoms with Crippen molar-refractivity contribution in [2.45, 2.75) is 31.8 Å². The largest absolute Gasteiger partial charge is 0.299 e. The zero-order valence-corrected chi connectivity index (χ0v) is 10.1. The smallest absolute Gasteiger partial charge is 0.142 e.